The van der Waals surface area contributed by atoms with Crippen molar-refractivity contribution in [2.24, 2.45) is 5.73 Å². The molecule has 0 atom stereocenters. The van der Waals surface area contributed by atoms with Gasteiger partial charge in [-0.15, -0.1) is 11.3 Å². The summed E-state index contributed by atoms with van der Waals surface area (Å²) < 4.78 is 0. The Balaban J connectivity index is 1.92. The molecule has 94 valence electrons. The van der Waals surface area contributed by atoms with E-state index in [1.807, 2.05) is 24.4 Å². The monoisotopic (exact) mass is 262 g/mol. The summed E-state index contributed by atoms with van der Waals surface area (Å²) in [7, 11) is 0. The van der Waals surface area contributed by atoms with E-state index in [0.29, 0.717) is 12.2 Å². The fraction of sp³-hybridized carbons (Fsp3) is 0.167. The summed E-state index contributed by atoms with van der Waals surface area (Å²) >= 11 is 1.64. The molecule has 1 heterocycles. The Bertz CT molecular complexity index is 535. The predicted octanol–water partition coefficient (Wildman–Crippen LogP) is 2.55. The molecule has 1 aromatic carbocycles. The van der Waals surface area contributed by atoms with Crippen LogP contribution in [0.4, 0.5) is 16.2 Å². The Morgan fingerprint density at radius 2 is 2.00 bits per heavy atom. The molecule has 0 saturated heterocycles. The van der Waals surface area contributed by atoms with E-state index in [9.17, 15) is 4.79 Å². The molecule has 2 aromatic rings. The maximum Gasteiger partial charge on any atom is 0.316 e. The zero-order valence-corrected chi connectivity index (χ0v) is 10.8. The molecule has 4 N–H and O–H groups in total. The van der Waals surface area contributed by atoms with Gasteiger partial charge in [0.15, 0.2) is 0 Å². The minimum atomic E-state index is -0.561. The molecule has 0 bridgehead atoms. The van der Waals surface area contributed by atoms with Gasteiger partial charge in [0.1, 0.15) is 0 Å². The number of urea groups is 1. The van der Waals surface area contributed by atoms with Gasteiger partial charge in [-0.25, -0.2) is 9.78 Å². The van der Waals surface area contributed by atoms with Crippen LogP contribution in [0.5, 0.6) is 0 Å². The standard InChI is InChI=1S/C12H14N4OS/c1-8-15-11(7-18-8)6-14-9-2-4-10(5-3-9)16-12(13)17/h2-5,7,14H,6H2,1H3,(H3,13,16,17). The summed E-state index contributed by atoms with van der Waals surface area (Å²) in [6.45, 7) is 2.67. The smallest absolute Gasteiger partial charge is 0.316 e. The van der Waals surface area contributed by atoms with Crippen LogP contribution < -0.4 is 16.4 Å². The normalized spacial score (nSPS) is 10.1. The Labute approximate surface area is 109 Å². The number of nitrogens with one attached hydrogen (secondary N) is 2. The van der Waals surface area contributed by atoms with Crippen LogP contribution in [0.3, 0.4) is 0 Å². The highest BCUT2D eigenvalue weighted by Gasteiger charge is 1.99. The van der Waals surface area contributed by atoms with Crippen molar-refractivity contribution in [3.63, 3.8) is 0 Å². The zero-order chi connectivity index (χ0) is 13.0. The van der Waals surface area contributed by atoms with E-state index in [1.165, 1.54) is 0 Å². The van der Waals surface area contributed by atoms with Crippen molar-refractivity contribution in [2.75, 3.05) is 10.6 Å². The van der Waals surface area contributed by atoms with Crippen molar-refractivity contribution in [1.29, 1.82) is 0 Å². The fourth-order valence-electron chi connectivity index (χ4n) is 1.50. The number of rotatable bonds is 4. The van der Waals surface area contributed by atoms with Gasteiger partial charge in [-0.2, -0.15) is 0 Å². The number of hydrogen-bond acceptors (Lipinski definition) is 4. The number of anilines is 2. The van der Waals surface area contributed by atoms with Crippen LogP contribution in [-0.4, -0.2) is 11.0 Å². The van der Waals surface area contributed by atoms with E-state index in [0.717, 1.165) is 16.4 Å². The second-order valence-corrected chi connectivity index (χ2v) is 4.84. The molecule has 0 fully saturated rings. The number of benzene rings is 1. The van der Waals surface area contributed by atoms with Crippen molar-refractivity contribution < 1.29 is 4.79 Å². The maximum absolute atomic E-state index is 10.7. The molecule has 0 unspecified atom stereocenters. The van der Waals surface area contributed by atoms with Crippen molar-refractivity contribution >= 4 is 28.7 Å². The minimum absolute atomic E-state index is 0.561. The average molecular weight is 262 g/mol. The van der Waals surface area contributed by atoms with Crippen molar-refractivity contribution in [3.05, 3.63) is 40.3 Å². The molecule has 0 aliphatic carbocycles. The van der Waals surface area contributed by atoms with Crippen molar-refractivity contribution in [1.82, 2.24) is 4.98 Å². The van der Waals surface area contributed by atoms with Crippen LogP contribution in [0.2, 0.25) is 0 Å². The maximum atomic E-state index is 10.7. The van der Waals surface area contributed by atoms with Gasteiger partial charge in [-0.3, -0.25) is 0 Å². The molecular formula is C12H14N4OS. The van der Waals surface area contributed by atoms with Crippen LogP contribution >= 0.6 is 11.3 Å². The van der Waals surface area contributed by atoms with Gasteiger partial charge in [0.05, 0.1) is 17.2 Å². The van der Waals surface area contributed by atoms with Gasteiger partial charge < -0.3 is 16.4 Å². The van der Waals surface area contributed by atoms with E-state index < -0.39 is 6.03 Å². The van der Waals surface area contributed by atoms with E-state index >= 15 is 0 Å². The first-order chi connectivity index (χ1) is 8.63. The number of nitrogens with zero attached hydrogens (tertiary/aromatic N) is 1. The molecule has 1 aromatic heterocycles. The van der Waals surface area contributed by atoms with Crippen LogP contribution in [0, 0.1) is 6.92 Å². The quantitative estimate of drug-likeness (QED) is 0.792. The Morgan fingerprint density at radius 3 is 2.56 bits per heavy atom. The molecule has 6 heteroatoms. The van der Waals surface area contributed by atoms with E-state index in [-0.39, 0.29) is 0 Å². The molecule has 5 nitrogen and oxygen atoms in total. The highest BCUT2D eigenvalue weighted by Crippen LogP contribution is 2.15. The second-order valence-electron chi connectivity index (χ2n) is 3.78. The van der Waals surface area contributed by atoms with Crippen LogP contribution in [0.15, 0.2) is 29.6 Å². The van der Waals surface area contributed by atoms with Gasteiger partial charge in [0.2, 0.25) is 0 Å². The van der Waals surface area contributed by atoms with E-state index in [1.54, 1.807) is 23.5 Å². The molecular weight excluding hydrogens is 248 g/mol. The molecule has 0 radical (unpaired) electrons. The summed E-state index contributed by atoms with van der Waals surface area (Å²) in [6, 6.07) is 6.78. The third-order valence-corrected chi connectivity index (χ3v) is 3.11. The lowest BCUT2D eigenvalue weighted by Crippen LogP contribution is -2.19. The molecule has 0 aliphatic heterocycles. The number of aromatic nitrogens is 1. The second kappa shape index (κ2) is 5.50. The number of thiazole rings is 1. The Hall–Kier alpha value is -2.08. The SMILES string of the molecule is Cc1nc(CNc2ccc(NC(N)=O)cc2)cs1. The van der Waals surface area contributed by atoms with Gasteiger partial charge in [-0.1, -0.05) is 0 Å². The third-order valence-electron chi connectivity index (χ3n) is 2.29. The molecule has 2 rings (SSSR count). The summed E-state index contributed by atoms with van der Waals surface area (Å²) in [6.07, 6.45) is 0. The Morgan fingerprint density at radius 1 is 1.33 bits per heavy atom. The van der Waals surface area contributed by atoms with Crippen LogP contribution in [0.1, 0.15) is 10.7 Å². The minimum Gasteiger partial charge on any atom is -0.379 e. The van der Waals surface area contributed by atoms with Crippen LogP contribution in [-0.2, 0) is 6.54 Å². The number of nitrogens with two attached hydrogens (primary N) is 1. The number of carbonyl (C=O) groups excluding carboxylic acids is 1. The Kier molecular flexibility index (Phi) is 3.78. The summed E-state index contributed by atoms with van der Waals surface area (Å²) in [4.78, 5) is 15.0. The number of aryl methyl sites for hydroxylation is 1. The average Bonchev–Trinajstić information content (AvgIpc) is 2.74. The number of carbonyl (C=O) groups is 1. The van der Waals surface area contributed by atoms with Crippen molar-refractivity contribution in [3.8, 4) is 0 Å². The lowest BCUT2D eigenvalue weighted by molar-refractivity contribution is 0.259. The van der Waals surface area contributed by atoms with Gasteiger partial charge >= 0.3 is 6.03 Å². The molecule has 18 heavy (non-hydrogen) atoms. The lowest BCUT2D eigenvalue weighted by Gasteiger charge is -2.06. The third kappa shape index (κ3) is 3.46. The summed E-state index contributed by atoms with van der Waals surface area (Å²) in [5, 5.41) is 8.86. The van der Waals surface area contributed by atoms with E-state index in [4.69, 9.17) is 5.73 Å². The topological polar surface area (TPSA) is 80.0 Å². The summed E-state index contributed by atoms with van der Waals surface area (Å²) in [5.41, 5.74) is 7.70. The zero-order valence-electron chi connectivity index (χ0n) is 9.93. The first-order valence-corrected chi connectivity index (χ1v) is 6.33. The molecule has 2 amide bonds. The van der Waals surface area contributed by atoms with Gasteiger partial charge in [0.25, 0.3) is 0 Å². The number of primary amides is 1. The molecule has 0 spiro atoms. The van der Waals surface area contributed by atoms with Crippen LogP contribution in [0.25, 0.3) is 0 Å². The number of hydrogen-bond donors (Lipinski definition) is 3. The lowest BCUT2D eigenvalue weighted by atomic mass is 10.2. The number of amides is 2. The van der Waals surface area contributed by atoms with Gasteiger partial charge in [-0.05, 0) is 31.2 Å². The van der Waals surface area contributed by atoms with Gasteiger partial charge in [0, 0.05) is 16.8 Å². The highest BCUT2D eigenvalue weighted by atomic mass is 32.1. The fourth-order valence-corrected chi connectivity index (χ4v) is 2.11. The first kappa shape index (κ1) is 12.4. The largest absolute Gasteiger partial charge is 0.379 e. The molecule has 0 saturated carbocycles. The van der Waals surface area contributed by atoms with E-state index in [2.05, 4.69) is 15.6 Å². The first-order valence-electron chi connectivity index (χ1n) is 5.45. The summed E-state index contributed by atoms with van der Waals surface area (Å²) in [5.74, 6) is 0. The predicted molar refractivity (Wildman–Crippen MR) is 73.8 cm³/mol. The highest BCUT2D eigenvalue weighted by molar-refractivity contribution is 7.09. The molecule has 0 aliphatic rings. The van der Waals surface area contributed by atoms with Crippen molar-refractivity contribution in [2.45, 2.75) is 13.5 Å².